The number of anilines is 1. The third-order valence-electron chi connectivity index (χ3n) is 2.96. The van der Waals surface area contributed by atoms with Crippen LogP contribution in [-0.2, 0) is 4.74 Å². The van der Waals surface area contributed by atoms with Gasteiger partial charge in [-0.15, -0.1) is 22.7 Å². The van der Waals surface area contributed by atoms with Gasteiger partial charge in [0.25, 0.3) is 5.91 Å². The first-order valence-electron chi connectivity index (χ1n) is 6.38. The minimum Gasteiger partial charge on any atom is -0.462 e. The maximum Gasteiger partial charge on any atom is 0.341 e. The molecule has 0 fully saturated rings. The molecule has 8 heteroatoms. The molecule has 0 saturated heterocycles. The van der Waals surface area contributed by atoms with E-state index >= 15 is 0 Å². The summed E-state index contributed by atoms with van der Waals surface area (Å²) >= 11 is 9.42. The molecule has 4 nitrogen and oxygen atoms in total. The van der Waals surface area contributed by atoms with Crippen LogP contribution in [-0.4, -0.2) is 18.5 Å². The molecule has 0 aromatic carbocycles. The number of carbonyl (C=O) groups excluding carboxylic acids is 2. The first-order valence-corrected chi connectivity index (χ1v) is 9.60. The molecule has 0 atom stereocenters. The topological polar surface area (TPSA) is 55.4 Å². The normalized spacial score (nSPS) is 10.6. The molecule has 2 aromatic rings. The molecule has 0 aliphatic heterocycles. The number of halogens is 2. The fraction of sp³-hybridized carbons (Fsp3) is 0.286. The summed E-state index contributed by atoms with van der Waals surface area (Å²) in [5, 5.41) is 3.34. The predicted molar refractivity (Wildman–Crippen MR) is 97.4 cm³/mol. The Morgan fingerprint density at radius 3 is 2.50 bits per heavy atom. The Balaban J connectivity index is 2.31. The van der Waals surface area contributed by atoms with Gasteiger partial charge in [-0.05, 0) is 64.3 Å². The van der Waals surface area contributed by atoms with Crippen LogP contribution in [0.2, 0.25) is 0 Å². The first-order chi connectivity index (χ1) is 10.3. The molecule has 0 radical (unpaired) electrons. The zero-order valence-electron chi connectivity index (χ0n) is 12.1. The van der Waals surface area contributed by atoms with Gasteiger partial charge in [0.1, 0.15) is 5.00 Å². The zero-order chi connectivity index (χ0) is 16.4. The van der Waals surface area contributed by atoms with Gasteiger partial charge in [-0.1, -0.05) is 0 Å². The molecule has 118 valence electrons. The number of thiophene rings is 2. The Hall–Kier alpha value is -0.700. The van der Waals surface area contributed by atoms with Crippen molar-refractivity contribution in [2.24, 2.45) is 0 Å². The molecule has 1 amide bonds. The molecule has 1 N–H and O–H groups in total. The molecule has 0 bridgehead atoms. The van der Waals surface area contributed by atoms with Crippen molar-refractivity contribution < 1.29 is 14.3 Å². The van der Waals surface area contributed by atoms with Crippen molar-refractivity contribution in [3.05, 3.63) is 35.2 Å². The molecule has 2 rings (SSSR count). The van der Waals surface area contributed by atoms with Gasteiger partial charge in [-0.2, -0.15) is 0 Å². The Labute approximate surface area is 153 Å². The van der Waals surface area contributed by atoms with E-state index in [1.807, 2.05) is 13.8 Å². The molecule has 22 heavy (non-hydrogen) atoms. The van der Waals surface area contributed by atoms with Gasteiger partial charge in [-0.25, -0.2) is 4.79 Å². The second-order valence-electron chi connectivity index (χ2n) is 4.39. The van der Waals surface area contributed by atoms with E-state index in [4.69, 9.17) is 4.74 Å². The Morgan fingerprint density at radius 2 is 1.95 bits per heavy atom. The summed E-state index contributed by atoms with van der Waals surface area (Å²) in [5.74, 6) is -0.656. The highest BCUT2D eigenvalue weighted by Crippen LogP contribution is 2.36. The van der Waals surface area contributed by atoms with E-state index in [1.54, 1.807) is 13.0 Å². The number of ether oxygens (including phenoxy) is 1. The summed E-state index contributed by atoms with van der Waals surface area (Å²) in [6, 6.07) is 1.74. The van der Waals surface area contributed by atoms with E-state index in [2.05, 4.69) is 37.2 Å². The lowest BCUT2D eigenvalue weighted by Gasteiger charge is -2.06. The summed E-state index contributed by atoms with van der Waals surface area (Å²) in [6.07, 6.45) is 0. The fourth-order valence-electron chi connectivity index (χ4n) is 1.79. The van der Waals surface area contributed by atoms with Crippen molar-refractivity contribution >= 4 is 71.4 Å². The van der Waals surface area contributed by atoms with Gasteiger partial charge in [-0.3, -0.25) is 4.79 Å². The lowest BCUT2D eigenvalue weighted by molar-refractivity contribution is 0.0527. The van der Waals surface area contributed by atoms with E-state index in [0.717, 1.165) is 18.7 Å². The van der Waals surface area contributed by atoms with Crippen LogP contribution in [0.4, 0.5) is 5.00 Å². The summed E-state index contributed by atoms with van der Waals surface area (Å²) in [6.45, 7) is 5.82. The van der Waals surface area contributed by atoms with Crippen LogP contribution < -0.4 is 5.32 Å². The third kappa shape index (κ3) is 3.61. The van der Waals surface area contributed by atoms with Gasteiger partial charge in [0.2, 0.25) is 0 Å². The number of carbonyl (C=O) groups is 2. The van der Waals surface area contributed by atoms with Gasteiger partial charge in [0.05, 0.1) is 20.8 Å². The van der Waals surface area contributed by atoms with Crippen molar-refractivity contribution in [2.75, 3.05) is 11.9 Å². The van der Waals surface area contributed by atoms with Crippen molar-refractivity contribution in [2.45, 2.75) is 20.8 Å². The number of hydrogen-bond donors (Lipinski definition) is 1. The highest BCUT2D eigenvalue weighted by Gasteiger charge is 2.23. The van der Waals surface area contributed by atoms with Crippen molar-refractivity contribution in [1.82, 2.24) is 0 Å². The summed E-state index contributed by atoms with van der Waals surface area (Å²) < 4.78 is 6.75. The quantitative estimate of drug-likeness (QED) is 0.615. The van der Waals surface area contributed by atoms with Gasteiger partial charge in [0, 0.05) is 9.35 Å². The predicted octanol–water partition coefficient (Wildman–Crippen LogP) is 5.38. The van der Waals surface area contributed by atoms with E-state index in [0.29, 0.717) is 22.0 Å². The zero-order valence-corrected chi connectivity index (χ0v) is 16.9. The standard InChI is InChI=1S/C14H13Br2NO3S2/c1-4-20-14(19)10-6(2)7(3)21-13(10)17-12(18)9-5-8(15)11(16)22-9/h5H,4H2,1-3H3,(H,17,18). The molecule has 0 unspecified atom stereocenters. The monoisotopic (exact) mass is 465 g/mol. The van der Waals surface area contributed by atoms with Crippen LogP contribution >= 0.6 is 54.5 Å². The summed E-state index contributed by atoms with van der Waals surface area (Å²) in [4.78, 5) is 26.0. The van der Waals surface area contributed by atoms with Crippen LogP contribution in [0, 0.1) is 13.8 Å². The van der Waals surface area contributed by atoms with Crippen LogP contribution in [0.5, 0.6) is 0 Å². The van der Waals surface area contributed by atoms with E-state index in [9.17, 15) is 9.59 Å². The largest absolute Gasteiger partial charge is 0.462 e. The van der Waals surface area contributed by atoms with E-state index in [1.165, 1.54) is 22.7 Å². The average molecular weight is 467 g/mol. The fourth-order valence-corrected chi connectivity index (χ4v) is 4.76. The van der Waals surface area contributed by atoms with Gasteiger partial charge >= 0.3 is 5.97 Å². The van der Waals surface area contributed by atoms with Crippen LogP contribution in [0.25, 0.3) is 0 Å². The lowest BCUT2D eigenvalue weighted by Crippen LogP contribution is -2.13. The molecule has 2 heterocycles. The number of nitrogens with one attached hydrogen (secondary N) is 1. The van der Waals surface area contributed by atoms with Crippen LogP contribution in [0.3, 0.4) is 0 Å². The van der Waals surface area contributed by atoms with Gasteiger partial charge in [0.15, 0.2) is 0 Å². The molecule has 0 spiro atoms. The minimum absolute atomic E-state index is 0.247. The second kappa shape index (κ2) is 7.25. The van der Waals surface area contributed by atoms with Gasteiger partial charge < -0.3 is 10.1 Å². The number of aryl methyl sites for hydroxylation is 1. The first kappa shape index (κ1) is 17.7. The van der Waals surface area contributed by atoms with Crippen molar-refractivity contribution in [3.8, 4) is 0 Å². The highest BCUT2D eigenvalue weighted by atomic mass is 79.9. The molecule has 0 aliphatic carbocycles. The Kier molecular flexibility index (Phi) is 5.81. The number of hydrogen-bond acceptors (Lipinski definition) is 5. The Morgan fingerprint density at radius 1 is 1.27 bits per heavy atom. The second-order valence-corrected chi connectivity index (χ2v) is 8.84. The highest BCUT2D eigenvalue weighted by molar-refractivity contribution is 9.13. The maximum absolute atomic E-state index is 12.3. The Bertz CT molecular complexity index is 717. The number of esters is 1. The van der Waals surface area contributed by atoms with Crippen LogP contribution in [0.15, 0.2) is 14.3 Å². The number of amides is 1. The third-order valence-corrected chi connectivity index (χ3v) is 7.34. The summed E-state index contributed by atoms with van der Waals surface area (Å²) in [5.41, 5.74) is 1.28. The SMILES string of the molecule is CCOC(=O)c1c(NC(=O)c2cc(Br)c(Br)s2)sc(C)c1C. The van der Waals surface area contributed by atoms with Crippen molar-refractivity contribution in [1.29, 1.82) is 0 Å². The average Bonchev–Trinajstić information content (AvgIpc) is 2.91. The molecule has 0 aliphatic rings. The molecule has 0 saturated carbocycles. The maximum atomic E-state index is 12.3. The van der Waals surface area contributed by atoms with E-state index < -0.39 is 5.97 Å². The smallest absolute Gasteiger partial charge is 0.341 e. The van der Waals surface area contributed by atoms with E-state index in [-0.39, 0.29) is 5.91 Å². The molecular weight excluding hydrogens is 454 g/mol. The van der Waals surface area contributed by atoms with Crippen LogP contribution in [0.1, 0.15) is 37.4 Å². The summed E-state index contributed by atoms with van der Waals surface area (Å²) in [7, 11) is 0. The lowest BCUT2D eigenvalue weighted by atomic mass is 10.1. The molecule has 2 aromatic heterocycles. The number of rotatable bonds is 4. The van der Waals surface area contributed by atoms with Crippen molar-refractivity contribution in [3.63, 3.8) is 0 Å². The minimum atomic E-state index is -0.409. The molecular formula is C14H13Br2NO3S2.